The molecule has 0 amide bonds. The third kappa shape index (κ3) is 15.0. The SMILES string of the molecule is CCCCCCCOc1ccc(OCCCCCCOc2ccc(OCCCCOC3CCC(C4CCC(C)CC4)CC3)c(C)c2)cc1. The van der Waals surface area contributed by atoms with Gasteiger partial charge in [0.05, 0.1) is 32.5 Å². The number of hydrogen-bond acceptors (Lipinski definition) is 5. The first kappa shape index (κ1) is 38.4. The van der Waals surface area contributed by atoms with E-state index < -0.39 is 0 Å². The summed E-state index contributed by atoms with van der Waals surface area (Å²) in [6, 6.07) is 14.2. The molecule has 0 N–H and O–H groups in total. The van der Waals surface area contributed by atoms with Crippen LogP contribution in [0.1, 0.15) is 141 Å². The van der Waals surface area contributed by atoms with Crippen LogP contribution in [0.4, 0.5) is 0 Å². The molecule has 5 nitrogen and oxygen atoms in total. The summed E-state index contributed by atoms with van der Waals surface area (Å²) < 4.78 is 30.1. The van der Waals surface area contributed by atoms with Crippen molar-refractivity contribution in [3.05, 3.63) is 48.0 Å². The highest BCUT2D eigenvalue weighted by molar-refractivity contribution is 5.39. The van der Waals surface area contributed by atoms with Crippen LogP contribution in [-0.4, -0.2) is 39.1 Å². The van der Waals surface area contributed by atoms with E-state index >= 15 is 0 Å². The highest BCUT2D eigenvalue weighted by atomic mass is 16.5. The van der Waals surface area contributed by atoms with Crippen molar-refractivity contribution in [3.63, 3.8) is 0 Å². The first-order chi connectivity index (χ1) is 23.6. The minimum absolute atomic E-state index is 0.484. The zero-order valence-electron chi connectivity index (χ0n) is 30.9. The second-order valence-electron chi connectivity index (χ2n) is 14.8. The molecule has 2 aromatic carbocycles. The summed E-state index contributed by atoms with van der Waals surface area (Å²) in [5.74, 6) is 6.64. The van der Waals surface area contributed by atoms with Crippen molar-refractivity contribution in [2.45, 2.75) is 149 Å². The largest absolute Gasteiger partial charge is 0.494 e. The van der Waals surface area contributed by atoms with Crippen LogP contribution in [0.25, 0.3) is 0 Å². The van der Waals surface area contributed by atoms with E-state index in [2.05, 4.69) is 32.9 Å². The summed E-state index contributed by atoms with van der Waals surface area (Å²) in [4.78, 5) is 0. The van der Waals surface area contributed by atoms with Crippen molar-refractivity contribution in [1.29, 1.82) is 0 Å². The van der Waals surface area contributed by atoms with E-state index in [0.717, 1.165) is 124 Å². The minimum atomic E-state index is 0.484. The second kappa shape index (κ2) is 23.1. The Morgan fingerprint density at radius 1 is 0.500 bits per heavy atom. The molecule has 5 heteroatoms. The Hall–Kier alpha value is -2.40. The molecule has 0 heterocycles. The van der Waals surface area contributed by atoms with Crippen LogP contribution >= 0.6 is 0 Å². The molecular formula is C43H68O5. The molecule has 2 aromatic rings. The van der Waals surface area contributed by atoms with Crippen LogP contribution in [0.15, 0.2) is 42.5 Å². The van der Waals surface area contributed by atoms with Crippen molar-refractivity contribution in [1.82, 2.24) is 0 Å². The van der Waals surface area contributed by atoms with Gasteiger partial charge in [0.25, 0.3) is 0 Å². The predicted octanol–water partition coefficient (Wildman–Crippen LogP) is 11.9. The quantitative estimate of drug-likeness (QED) is 0.105. The molecule has 0 saturated heterocycles. The highest BCUT2D eigenvalue weighted by Crippen LogP contribution is 2.40. The maximum absolute atomic E-state index is 6.26. The number of unbranched alkanes of at least 4 members (excludes halogenated alkanes) is 8. The van der Waals surface area contributed by atoms with E-state index in [1.807, 2.05) is 30.3 Å². The first-order valence-corrected chi connectivity index (χ1v) is 19.9. The van der Waals surface area contributed by atoms with Gasteiger partial charge in [-0.15, -0.1) is 0 Å². The van der Waals surface area contributed by atoms with Gasteiger partial charge >= 0.3 is 0 Å². The highest BCUT2D eigenvalue weighted by Gasteiger charge is 2.30. The fourth-order valence-electron chi connectivity index (χ4n) is 7.46. The van der Waals surface area contributed by atoms with Gasteiger partial charge in [-0.05, 0) is 156 Å². The topological polar surface area (TPSA) is 46.2 Å². The lowest BCUT2D eigenvalue weighted by Crippen LogP contribution is -2.28. The third-order valence-electron chi connectivity index (χ3n) is 10.7. The predicted molar refractivity (Wildman–Crippen MR) is 199 cm³/mol. The van der Waals surface area contributed by atoms with Crippen molar-refractivity contribution in [2.75, 3.05) is 33.0 Å². The van der Waals surface area contributed by atoms with Gasteiger partial charge in [0.15, 0.2) is 0 Å². The summed E-state index contributed by atoms with van der Waals surface area (Å²) in [7, 11) is 0. The molecule has 270 valence electrons. The molecule has 2 fully saturated rings. The Labute approximate surface area is 293 Å². The number of benzene rings is 2. The number of ether oxygens (including phenoxy) is 5. The van der Waals surface area contributed by atoms with Crippen molar-refractivity contribution >= 4 is 0 Å². The molecule has 2 saturated carbocycles. The van der Waals surface area contributed by atoms with Gasteiger partial charge in [-0.25, -0.2) is 0 Å². The summed E-state index contributed by atoms with van der Waals surface area (Å²) in [6.45, 7) is 10.6. The molecular weight excluding hydrogens is 596 g/mol. The maximum Gasteiger partial charge on any atom is 0.122 e. The summed E-state index contributed by atoms with van der Waals surface area (Å²) in [5.41, 5.74) is 1.13. The fraction of sp³-hybridized carbons (Fsp3) is 0.721. The van der Waals surface area contributed by atoms with Gasteiger partial charge in [0.2, 0.25) is 0 Å². The molecule has 0 aromatic heterocycles. The maximum atomic E-state index is 6.26. The van der Waals surface area contributed by atoms with Gasteiger partial charge in [0.1, 0.15) is 23.0 Å². The van der Waals surface area contributed by atoms with Crippen LogP contribution in [0.2, 0.25) is 0 Å². The van der Waals surface area contributed by atoms with Gasteiger partial charge < -0.3 is 23.7 Å². The zero-order chi connectivity index (χ0) is 33.7. The fourth-order valence-corrected chi connectivity index (χ4v) is 7.46. The lowest BCUT2D eigenvalue weighted by Gasteiger charge is -2.37. The lowest BCUT2D eigenvalue weighted by molar-refractivity contribution is 0.00494. The Bertz CT molecular complexity index is 1080. The average Bonchev–Trinajstić information content (AvgIpc) is 3.11. The van der Waals surface area contributed by atoms with Gasteiger partial charge in [0, 0.05) is 6.61 Å². The molecule has 48 heavy (non-hydrogen) atoms. The molecule has 0 bridgehead atoms. The van der Waals surface area contributed by atoms with E-state index in [-0.39, 0.29) is 0 Å². The molecule has 0 spiro atoms. The molecule has 0 atom stereocenters. The number of aryl methyl sites for hydroxylation is 1. The second-order valence-corrected chi connectivity index (χ2v) is 14.8. The van der Waals surface area contributed by atoms with Gasteiger partial charge in [-0.1, -0.05) is 52.4 Å². The van der Waals surface area contributed by atoms with E-state index in [4.69, 9.17) is 23.7 Å². The summed E-state index contributed by atoms with van der Waals surface area (Å²) in [5, 5.41) is 0. The van der Waals surface area contributed by atoms with Crippen molar-refractivity contribution in [2.24, 2.45) is 17.8 Å². The lowest BCUT2D eigenvalue weighted by atomic mass is 9.71. The van der Waals surface area contributed by atoms with Gasteiger partial charge in [-0.3, -0.25) is 0 Å². The van der Waals surface area contributed by atoms with Crippen molar-refractivity contribution < 1.29 is 23.7 Å². The molecule has 0 radical (unpaired) electrons. The van der Waals surface area contributed by atoms with Gasteiger partial charge in [-0.2, -0.15) is 0 Å². The Balaban J connectivity index is 0.949. The van der Waals surface area contributed by atoms with Crippen LogP contribution in [-0.2, 0) is 4.74 Å². The standard InChI is InChI=1S/C43H68O5/c1-4-5-6-7-10-29-44-40-23-25-41(26-24-40)45-30-11-8-9-12-31-47-42-27-28-43(36(3)34-42)48-33-14-13-32-46-39-21-19-38(20-22-39)37-17-15-35(2)16-18-37/h23-28,34-35,37-39H,4-22,29-33H2,1-3H3. The van der Waals surface area contributed by atoms with Crippen LogP contribution < -0.4 is 18.9 Å². The first-order valence-electron chi connectivity index (χ1n) is 19.9. The molecule has 0 aliphatic heterocycles. The van der Waals surface area contributed by atoms with E-state index in [0.29, 0.717) is 6.10 Å². The third-order valence-corrected chi connectivity index (χ3v) is 10.7. The summed E-state index contributed by atoms with van der Waals surface area (Å²) in [6.07, 6.45) is 24.4. The monoisotopic (exact) mass is 665 g/mol. The Morgan fingerprint density at radius 3 is 1.52 bits per heavy atom. The van der Waals surface area contributed by atoms with E-state index in [1.165, 1.54) is 77.0 Å². The Morgan fingerprint density at radius 2 is 0.958 bits per heavy atom. The molecule has 0 unspecified atom stereocenters. The van der Waals surface area contributed by atoms with Crippen LogP contribution in [0.5, 0.6) is 23.0 Å². The Kier molecular flexibility index (Phi) is 18.5. The average molecular weight is 665 g/mol. The van der Waals surface area contributed by atoms with E-state index in [9.17, 15) is 0 Å². The van der Waals surface area contributed by atoms with Crippen molar-refractivity contribution in [3.8, 4) is 23.0 Å². The molecule has 4 rings (SSSR count). The normalized spacial score (nSPS) is 21.1. The summed E-state index contributed by atoms with van der Waals surface area (Å²) >= 11 is 0. The smallest absolute Gasteiger partial charge is 0.122 e. The zero-order valence-corrected chi connectivity index (χ0v) is 30.9. The molecule has 2 aliphatic carbocycles. The van der Waals surface area contributed by atoms with E-state index in [1.54, 1.807) is 0 Å². The number of hydrogen-bond donors (Lipinski definition) is 0. The van der Waals surface area contributed by atoms with Crippen LogP contribution in [0.3, 0.4) is 0 Å². The molecule has 2 aliphatic rings. The minimum Gasteiger partial charge on any atom is -0.494 e. The van der Waals surface area contributed by atoms with Crippen LogP contribution in [0, 0.1) is 24.7 Å². The number of rotatable bonds is 24.